The predicted molar refractivity (Wildman–Crippen MR) is 91.7 cm³/mol. The molecule has 134 valence electrons. The molecule has 0 radical (unpaired) electrons. The molecular weight excluding hydrogens is 345 g/mol. The van der Waals surface area contributed by atoms with Crippen LogP contribution in [-0.4, -0.2) is 40.3 Å². The molecule has 8 heteroatoms. The molecule has 0 atom stereocenters. The van der Waals surface area contributed by atoms with Gasteiger partial charge in [-0.3, -0.25) is 9.69 Å². The highest BCUT2D eigenvalue weighted by Crippen LogP contribution is 2.22. The Labute approximate surface area is 150 Å². The number of piperidine rings is 1. The third kappa shape index (κ3) is 4.13. The van der Waals surface area contributed by atoms with Crippen molar-refractivity contribution >= 4 is 18.2 Å². The lowest BCUT2D eigenvalue weighted by molar-refractivity contribution is -0.149. The summed E-state index contributed by atoms with van der Waals surface area (Å²) in [6, 6.07) is 6.28. The van der Waals surface area contributed by atoms with Crippen molar-refractivity contribution in [3.05, 3.63) is 34.9 Å². The number of ether oxygens (including phenoxy) is 1. The number of hydrogen-bond acceptors (Lipinski definition) is 6. The maximum absolute atomic E-state index is 13.9. The Kier molecular flexibility index (Phi) is 5.60. The van der Waals surface area contributed by atoms with Gasteiger partial charge in [-0.05, 0) is 44.1 Å². The second kappa shape index (κ2) is 7.88. The Morgan fingerprint density at radius 3 is 2.80 bits per heavy atom. The molecule has 0 spiro atoms. The molecule has 1 aromatic carbocycles. The highest BCUT2D eigenvalue weighted by molar-refractivity contribution is 7.71. The molecule has 1 aliphatic rings. The van der Waals surface area contributed by atoms with E-state index in [9.17, 15) is 9.18 Å². The minimum atomic E-state index is -0.402. The number of likely N-dealkylation sites (tertiary alicyclic amines) is 1. The summed E-state index contributed by atoms with van der Waals surface area (Å²) in [7, 11) is 0. The van der Waals surface area contributed by atoms with Crippen molar-refractivity contribution in [2.24, 2.45) is 5.92 Å². The summed E-state index contributed by atoms with van der Waals surface area (Å²) < 4.78 is 25.9. The lowest BCUT2D eigenvalue weighted by Crippen LogP contribution is -2.38. The summed E-state index contributed by atoms with van der Waals surface area (Å²) >= 11 is 5.19. The smallest absolute Gasteiger partial charge is 0.309 e. The van der Waals surface area contributed by atoms with E-state index in [1.807, 2.05) is 6.92 Å². The van der Waals surface area contributed by atoms with Crippen LogP contribution in [0.3, 0.4) is 0 Å². The molecule has 2 heterocycles. The van der Waals surface area contributed by atoms with Crippen LogP contribution in [-0.2, 0) is 16.2 Å². The van der Waals surface area contributed by atoms with Crippen molar-refractivity contribution in [1.82, 2.24) is 14.7 Å². The van der Waals surface area contributed by atoms with E-state index in [2.05, 4.69) is 10.00 Å². The van der Waals surface area contributed by atoms with E-state index < -0.39 is 5.82 Å². The third-order valence-electron chi connectivity index (χ3n) is 4.25. The van der Waals surface area contributed by atoms with E-state index in [1.165, 1.54) is 6.07 Å². The van der Waals surface area contributed by atoms with Crippen LogP contribution in [0.25, 0.3) is 11.5 Å². The average molecular weight is 365 g/mol. The van der Waals surface area contributed by atoms with Crippen LogP contribution < -0.4 is 0 Å². The van der Waals surface area contributed by atoms with Gasteiger partial charge in [0.2, 0.25) is 5.89 Å². The van der Waals surface area contributed by atoms with Crippen LogP contribution in [0.5, 0.6) is 0 Å². The van der Waals surface area contributed by atoms with Crippen LogP contribution in [0.15, 0.2) is 28.7 Å². The van der Waals surface area contributed by atoms with Crippen molar-refractivity contribution in [1.29, 1.82) is 0 Å². The first kappa shape index (κ1) is 17.8. The van der Waals surface area contributed by atoms with E-state index in [-0.39, 0.29) is 28.2 Å². The minimum absolute atomic E-state index is 0.0459. The first-order valence-electron chi connectivity index (χ1n) is 8.30. The van der Waals surface area contributed by atoms with Gasteiger partial charge >= 0.3 is 5.97 Å². The van der Waals surface area contributed by atoms with Crippen molar-refractivity contribution in [3.63, 3.8) is 0 Å². The monoisotopic (exact) mass is 365 g/mol. The van der Waals surface area contributed by atoms with E-state index in [1.54, 1.807) is 22.9 Å². The van der Waals surface area contributed by atoms with Gasteiger partial charge in [-0.1, -0.05) is 12.1 Å². The number of halogens is 1. The van der Waals surface area contributed by atoms with Gasteiger partial charge in [-0.2, -0.15) is 0 Å². The Hall–Kier alpha value is -2.06. The van der Waals surface area contributed by atoms with Gasteiger partial charge in [0.15, 0.2) is 0 Å². The fourth-order valence-corrected chi connectivity index (χ4v) is 3.08. The molecule has 1 saturated heterocycles. The maximum Gasteiger partial charge on any atom is 0.309 e. The molecule has 0 aliphatic carbocycles. The van der Waals surface area contributed by atoms with Crippen LogP contribution >= 0.6 is 12.2 Å². The van der Waals surface area contributed by atoms with Crippen LogP contribution in [0.2, 0.25) is 0 Å². The van der Waals surface area contributed by atoms with Gasteiger partial charge in [0.05, 0.1) is 24.8 Å². The van der Waals surface area contributed by atoms with Gasteiger partial charge in [-0.15, -0.1) is 5.10 Å². The number of esters is 1. The molecular formula is C17H20FN3O3S. The Morgan fingerprint density at radius 2 is 2.12 bits per heavy atom. The van der Waals surface area contributed by atoms with Crippen LogP contribution in [0, 0.1) is 16.6 Å². The van der Waals surface area contributed by atoms with E-state index >= 15 is 0 Å². The van der Waals surface area contributed by atoms with E-state index in [0.29, 0.717) is 13.3 Å². The fourth-order valence-electron chi connectivity index (χ4n) is 2.90. The summed E-state index contributed by atoms with van der Waals surface area (Å²) in [6.07, 6.45) is 1.48. The number of carbonyl (C=O) groups is 1. The quantitative estimate of drug-likeness (QED) is 0.599. The molecule has 25 heavy (non-hydrogen) atoms. The Bertz CT molecular complexity index is 796. The molecule has 0 saturated carbocycles. The molecule has 1 aliphatic heterocycles. The molecule has 0 N–H and O–H groups in total. The zero-order valence-electron chi connectivity index (χ0n) is 14.0. The Morgan fingerprint density at radius 1 is 1.40 bits per heavy atom. The minimum Gasteiger partial charge on any atom is -0.466 e. The van der Waals surface area contributed by atoms with Crippen LogP contribution in [0.1, 0.15) is 19.8 Å². The second-order valence-corrected chi connectivity index (χ2v) is 6.29. The highest BCUT2D eigenvalue weighted by atomic mass is 32.1. The van der Waals surface area contributed by atoms with Crippen LogP contribution in [0.4, 0.5) is 4.39 Å². The normalized spacial score (nSPS) is 16.1. The summed E-state index contributed by atoms with van der Waals surface area (Å²) in [4.78, 5) is 14.1. The number of benzene rings is 1. The lowest BCUT2D eigenvalue weighted by atomic mass is 9.97. The van der Waals surface area contributed by atoms with Gasteiger partial charge in [0, 0.05) is 13.1 Å². The summed E-state index contributed by atoms with van der Waals surface area (Å²) in [5, 5.41) is 4.29. The summed E-state index contributed by atoms with van der Waals surface area (Å²) in [5.41, 5.74) is 0.286. The van der Waals surface area contributed by atoms with Gasteiger partial charge in [-0.25, -0.2) is 9.07 Å². The zero-order chi connectivity index (χ0) is 17.8. The predicted octanol–water partition coefficient (Wildman–Crippen LogP) is 3.24. The fraction of sp³-hybridized carbons (Fsp3) is 0.471. The van der Waals surface area contributed by atoms with Crippen molar-refractivity contribution in [3.8, 4) is 11.5 Å². The number of carbonyl (C=O) groups excluding carboxylic acids is 1. The number of hydrogen-bond donors (Lipinski definition) is 0. The summed E-state index contributed by atoms with van der Waals surface area (Å²) in [6.45, 7) is 4.16. The molecule has 1 aromatic heterocycles. The third-order valence-corrected chi connectivity index (χ3v) is 4.55. The standard InChI is InChI=1S/C17H20FN3O3S/c1-2-23-16(22)12-7-9-20(10-8-12)11-21-17(25)24-15(19-21)13-5-3-4-6-14(13)18/h3-6,12H,2,7-11H2,1H3. The molecule has 0 unspecified atom stereocenters. The second-order valence-electron chi connectivity index (χ2n) is 5.94. The van der Waals surface area contributed by atoms with Gasteiger partial charge in [0.25, 0.3) is 4.84 Å². The first-order valence-corrected chi connectivity index (χ1v) is 8.71. The SMILES string of the molecule is CCOC(=O)C1CCN(Cn2nc(-c3ccccc3F)oc2=S)CC1. The number of nitrogens with zero attached hydrogens (tertiary/aromatic N) is 3. The molecule has 6 nitrogen and oxygen atoms in total. The van der Waals surface area contributed by atoms with E-state index in [0.717, 1.165) is 25.9 Å². The van der Waals surface area contributed by atoms with E-state index in [4.69, 9.17) is 21.4 Å². The highest BCUT2D eigenvalue weighted by Gasteiger charge is 2.26. The number of rotatable bonds is 5. The molecule has 3 rings (SSSR count). The zero-order valence-corrected chi connectivity index (χ0v) is 14.8. The topological polar surface area (TPSA) is 60.5 Å². The molecule has 1 fully saturated rings. The average Bonchev–Trinajstić information content (AvgIpc) is 2.96. The number of aromatic nitrogens is 2. The molecule has 0 bridgehead atoms. The molecule has 2 aromatic rings. The first-order chi connectivity index (χ1) is 12.1. The van der Waals surface area contributed by atoms with Gasteiger partial charge < -0.3 is 9.15 Å². The Balaban J connectivity index is 1.64. The van der Waals surface area contributed by atoms with Crippen molar-refractivity contribution < 1.29 is 18.3 Å². The molecule has 0 amide bonds. The lowest BCUT2D eigenvalue weighted by Gasteiger charge is -2.30. The maximum atomic E-state index is 13.9. The van der Waals surface area contributed by atoms with Gasteiger partial charge in [0.1, 0.15) is 5.82 Å². The van der Waals surface area contributed by atoms with Crippen molar-refractivity contribution in [2.75, 3.05) is 19.7 Å². The van der Waals surface area contributed by atoms with Crippen molar-refractivity contribution in [2.45, 2.75) is 26.4 Å². The summed E-state index contributed by atoms with van der Waals surface area (Å²) in [5.74, 6) is -0.400. The largest absolute Gasteiger partial charge is 0.466 e.